The van der Waals surface area contributed by atoms with Crippen LogP contribution in [-0.4, -0.2) is 25.7 Å². The van der Waals surface area contributed by atoms with E-state index < -0.39 is 0 Å². The normalized spacial score (nSPS) is 10.5. The molecule has 0 radical (unpaired) electrons. The van der Waals surface area contributed by atoms with Crippen LogP contribution in [0.4, 0.5) is 0 Å². The number of hydrogen-bond donors (Lipinski definition) is 1. The number of rotatable bonds is 8. The van der Waals surface area contributed by atoms with Crippen molar-refractivity contribution in [3.63, 3.8) is 0 Å². The molecule has 0 aliphatic rings. The molecule has 1 N–H and O–H groups in total. The highest BCUT2D eigenvalue weighted by Crippen LogP contribution is 2.25. The second kappa shape index (κ2) is 9.18. The molecule has 0 saturated heterocycles. The predicted octanol–water partition coefficient (Wildman–Crippen LogP) is 3.93. The van der Waals surface area contributed by atoms with E-state index in [2.05, 4.69) is 12.2 Å². The van der Waals surface area contributed by atoms with Gasteiger partial charge in [0.1, 0.15) is 0 Å². The number of benzene rings is 1. The Labute approximate surface area is 124 Å². The van der Waals surface area contributed by atoms with Crippen LogP contribution in [0.2, 0.25) is 10.0 Å². The minimum Gasteiger partial charge on any atom is -0.381 e. The van der Waals surface area contributed by atoms with Crippen LogP contribution in [-0.2, 0) is 4.74 Å². The van der Waals surface area contributed by atoms with Crippen LogP contribution in [0.1, 0.15) is 36.5 Å². The van der Waals surface area contributed by atoms with Gasteiger partial charge in [0.05, 0.1) is 15.6 Å². The van der Waals surface area contributed by atoms with Gasteiger partial charge in [-0.1, -0.05) is 42.6 Å². The Kier molecular flexibility index (Phi) is 7.87. The fourth-order valence-electron chi connectivity index (χ4n) is 1.50. The van der Waals surface area contributed by atoms with E-state index in [-0.39, 0.29) is 5.91 Å². The standard InChI is InChI=1S/C14H19Cl2NO2/c1-2-3-9-19-10-5-8-17-14(18)11-6-4-7-12(15)13(11)16/h4,6-7H,2-3,5,8-10H2,1H3,(H,17,18). The second-order valence-electron chi connectivity index (χ2n) is 4.18. The molecular formula is C14H19Cl2NO2. The Hall–Kier alpha value is -0.770. The minimum absolute atomic E-state index is 0.207. The van der Waals surface area contributed by atoms with Crippen molar-refractivity contribution in [1.82, 2.24) is 5.32 Å². The van der Waals surface area contributed by atoms with Crippen molar-refractivity contribution >= 4 is 29.1 Å². The van der Waals surface area contributed by atoms with Gasteiger partial charge < -0.3 is 10.1 Å². The third-order valence-corrected chi connectivity index (χ3v) is 3.41. The SMILES string of the molecule is CCCCOCCCNC(=O)c1cccc(Cl)c1Cl. The van der Waals surface area contributed by atoms with Crippen molar-refractivity contribution in [3.05, 3.63) is 33.8 Å². The van der Waals surface area contributed by atoms with E-state index in [1.807, 2.05) is 0 Å². The first-order valence-corrected chi connectivity index (χ1v) is 7.22. The molecule has 3 nitrogen and oxygen atoms in total. The molecule has 1 aromatic carbocycles. The number of carbonyl (C=O) groups is 1. The summed E-state index contributed by atoms with van der Waals surface area (Å²) < 4.78 is 5.41. The fraction of sp³-hybridized carbons (Fsp3) is 0.500. The van der Waals surface area contributed by atoms with E-state index in [4.69, 9.17) is 27.9 Å². The monoisotopic (exact) mass is 303 g/mol. The number of hydrogen-bond acceptors (Lipinski definition) is 2. The average Bonchev–Trinajstić information content (AvgIpc) is 2.40. The summed E-state index contributed by atoms with van der Waals surface area (Å²) >= 11 is 11.8. The lowest BCUT2D eigenvalue weighted by molar-refractivity contribution is 0.0940. The van der Waals surface area contributed by atoms with Gasteiger partial charge in [-0.3, -0.25) is 4.79 Å². The Morgan fingerprint density at radius 2 is 2.00 bits per heavy atom. The van der Waals surface area contributed by atoms with Gasteiger partial charge in [-0.2, -0.15) is 0 Å². The van der Waals surface area contributed by atoms with Gasteiger partial charge in [-0.25, -0.2) is 0 Å². The van der Waals surface area contributed by atoms with Crippen molar-refractivity contribution < 1.29 is 9.53 Å². The predicted molar refractivity (Wildman–Crippen MR) is 79.1 cm³/mol. The zero-order valence-corrected chi connectivity index (χ0v) is 12.6. The molecule has 0 atom stereocenters. The highest BCUT2D eigenvalue weighted by Gasteiger charge is 2.11. The largest absolute Gasteiger partial charge is 0.381 e. The van der Waals surface area contributed by atoms with Crippen molar-refractivity contribution in [2.75, 3.05) is 19.8 Å². The lowest BCUT2D eigenvalue weighted by Gasteiger charge is -2.08. The van der Waals surface area contributed by atoms with Crippen LogP contribution in [0.25, 0.3) is 0 Å². The molecule has 0 spiro atoms. The zero-order valence-electron chi connectivity index (χ0n) is 11.0. The van der Waals surface area contributed by atoms with Crippen molar-refractivity contribution in [2.45, 2.75) is 26.2 Å². The lowest BCUT2D eigenvalue weighted by Crippen LogP contribution is -2.25. The van der Waals surface area contributed by atoms with Gasteiger partial charge >= 0.3 is 0 Å². The number of unbranched alkanes of at least 4 members (excludes halogenated alkanes) is 1. The van der Waals surface area contributed by atoms with E-state index in [9.17, 15) is 4.79 Å². The maximum absolute atomic E-state index is 11.9. The molecular weight excluding hydrogens is 285 g/mol. The smallest absolute Gasteiger partial charge is 0.252 e. The van der Waals surface area contributed by atoms with Crippen molar-refractivity contribution in [2.24, 2.45) is 0 Å². The third-order valence-electron chi connectivity index (χ3n) is 2.59. The second-order valence-corrected chi connectivity index (χ2v) is 4.96. The van der Waals surface area contributed by atoms with E-state index in [1.54, 1.807) is 18.2 Å². The molecule has 1 amide bonds. The van der Waals surface area contributed by atoms with Gasteiger partial charge in [0.25, 0.3) is 5.91 Å². The summed E-state index contributed by atoms with van der Waals surface area (Å²) in [5, 5.41) is 3.47. The molecule has 1 aromatic rings. The summed E-state index contributed by atoms with van der Waals surface area (Å²) in [6, 6.07) is 5.01. The summed E-state index contributed by atoms with van der Waals surface area (Å²) in [5.74, 6) is -0.207. The molecule has 0 aromatic heterocycles. The number of halogens is 2. The summed E-state index contributed by atoms with van der Waals surface area (Å²) in [6.45, 7) is 4.13. The fourth-order valence-corrected chi connectivity index (χ4v) is 1.89. The topological polar surface area (TPSA) is 38.3 Å². The highest BCUT2D eigenvalue weighted by molar-refractivity contribution is 6.43. The quantitative estimate of drug-likeness (QED) is 0.739. The molecule has 1 rings (SSSR count). The molecule has 0 heterocycles. The van der Waals surface area contributed by atoms with Crippen LogP contribution in [0, 0.1) is 0 Å². The van der Waals surface area contributed by atoms with Gasteiger partial charge in [-0.15, -0.1) is 0 Å². The van der Waals surface area contributed by atoms with Gasteiger partial charge in [0.15, 0.2) is 0 Å². The first kappa shape index (κ1) is 16.3. The molecule has 0 aliphatic heterocycles. The van der Waals surface area contributed by atoms with Crippen LogP contribution in [0.15, 0.2) is 18.2 Å². The molecule has 106 valence electrons. The molecule has 0 bridgehead atoms. The molecule has 5 heteroatoms. The Morgan fingerprint density at radius 1 is 1.26 bits per heavy atom. The maximum atomic E-state index is 11.9. The van der Waals surface area contributed by atoms with E-state index in [0.29, 0.717) is 28.8 Å². The first-order valence-electron chi connectivity index (χ1n) is 6.46. The van der Waals surface area contributed by atoms with Crippen LogP contribution < -0.4 is 5.32 Å². The van der Waals surface area contributed by atoms with Crippen LogP contribution in [0.5, 0.6) is 0 Å². The van der Waals surface area contributed by atoms with Gasteiger partial charge in [-0.05, 0) is 25.0 Å². The van der Waals surface area contributed by atoms with E-state index in [1.165, 1.54) is 0 Å². The summed E-state index contributed by atoms with van der Waals surface area (Å²) in [4.78, 5) is 11.9. The van der Waals surface area contributed by atoms with E-state index >= 15 is 0 Å². The zero-order chi connectivity index (χ0) is 14.1. The van der Waals surface area contributed by atoms with Gasteiger partial charge in [0, 0.05) is 19.8 Å². The number of ether oxygens (including phenoxy) is 1. The molecule has 0 saturated carbocycles. The first-order chi connectivity index (χ1) is 9.16. The molecule has 0 aliphatic carbocycles. The van der Waals surface area contributed by atoms with Crippen LogP contribution >= 0.6 is 23.2 Å². The molecule has 0 unspecified atom stereocenters. The number of amides is 1. The van der Waals surface area contributed by atoms with Crippen molar-refractivity contribution in [1.29, 1.82) is 0 Å². The Morgan fingerprint density at radius 3 is 2.74 bits per heavy atom. The lowest BCUT2D eigenvalue weighted by atomic mass is 10.2. The van der Waals surface area contributed by atoms with Gasteiger partial charge in [0.2, 0.25) is 0 Å². The van der Waals surface area contributed by atoms with Crippen molar-refractivity contribution in [3.8, 4) is 0 Å². The Balaban J connectivity index is 2.26. The third kappa shape index (κ3) is 5.81. The maximum Gasteiger partial charge on any atom is 0.252 e. The van der Waals surface area contributed by atoms with Crippen LogP contribution in [0.3, 0.4) is 0 Å². The Bertz CT molecular complexity index is 410. The number of nitrogens with one attached hydrogen (secondary N) is 1. The van der Waals surface area contributed by atoms with E-state index in [0.717, 1.165) is 25.9 Å². The molecule has 0 fully saturated rings. The minimum atomic E-state index is -0.207. The molecule has 19 heavy (non-hydrogen) atoms. The summed E-state index contributed by atoms with van der Waals surface area (Å²) in [6.07, 6.45) is 2.99. The number of carbonyl (C=O) groups excluding carboxylic acids is 1. The average molecular weight is 304 g/mol. The highest BCUT2D eigenvalue weighted by atomic mass is 35.5. The summed E-state index contributed by atoms with van der Waals surface area (Å²) in [5.41, 5.74) is 0.404. The summed E-state index contributed by atoms with van der Waals surface area (Å²) in [7, 11) is 0.